The number of nitrogens with two attached hydrogens (primary N) is 1. The standard InChI is InChI=1S/C11H16ClN3O3S/c1-7-11(2,3-4-18-7)15-19(16,17)8-5-9(12)10(13)14-6-8/h5-7,15H,3-4H2,1-2H3,(H2,13,14). The molecule has 0 radical (unpaired) electrons. The van der Waals surface area contributed by atoms with E-state index in [-0.39, 0.29) is 21.8 Å². The van der Waals surface area contributed by atoms with E-state index in [2.05, 4.69) is 9.71 Å². The Balaban J connectivity index is 2.30. The molecule has 1 aromatic heterocycles. The van der Waals surface area contributed by atoms with Crippen LogP contribution in [0.15, 0.2) is 17.2 Å². The number of aromatic nitrogens is 1. The topological polar surface area (TPSA) is 94.3 Å². The predicted molar refractivity (Wildman–Crippen MR) is 72.4 cm³/mol. The molecule has 3 N–H and O–H groups in total. The van der Waals surface area contributed by atoms with Gasteiger partial charge in [-0.25, -0.2) is 18.1 Å². The minimum atomic E-state index is -3.71. The Labute approximate surface area is 117 Å². The van der Waals surface area contributed by atoms with Crippen molar-refractivity contribution < 1.29 is 13.2 Å². The maximum Gasteiger partial charge on any atom is 0.242 e. The number of nitrogens with zero attached hydrogens (tertiary/aromatic N) is 1. The Morgan fingerprint density at radius 2 is 2.32 bits per heavy atom. The summed E-state index contributed by atoms with van der Waals surface area (Å²) in [5.74, 6) is 0.101. The third-order valence-electron chi connectivity index (χ3n) is 3.41. The van der Waals surface area contributed by atoms with Gasteiger partial charge < -0.3 is 10.5 Å². The van der Waals surface area contributed by atoms with Gasteiger partial charge >= 0.3 is 0 Å². The van der Waals surface area contributed by atoms with Crippen LogP contribution >= 0.6 is 11.6 Å². The number of nitrogens with one attached hydrogen (secondary N) is 1. The normalized spacial score (nSPS) is 27.6. The number of rotatable bonds is 3. The molecule has 2 atom stereocenters. The maximum atomic E-state index is 12.3. The van der Waals surface area contributed by atoms with Gasteiger partial charge in [-0.1, -0.05) is 11.6 Å². The molecule has 0 spiro atoms. The minimum absolute atomic E-state index is 0.00738. The fourth-order valence-corrected chi connectivity index (χ4v) is 3.61. The van der Waals surface area contributed by atoms with Crippen LogP contribution in [0, 0.1) is 0 Å². The quantitative estimate of drug-likeness (QED) is 0.874. The number of anilines is 1. The van der Waals surface area contributed by atoms with Gasteiger partial charge in [0.15, 0.2) is 0 Å². The lowest BCUT2D eigenvalue weighted by Crippen LogP contribution is -2.50. The monoisotopic (exact) mass is 305 g/mol. The lowest BCUT2D eigenvalue weighted by Gasteiger charge is -2.28. The summed E-state index contributed by atoms with van der Waals surface area (Å²) >= 11 is 5.80. The molecule has 0 saturated carbocycles. The number of hydrogen-bond acceptors (Lipinski definition) is 5. The summed E-state index contributed by atoms with van der Waals surface area (Å²) in [6.07, 6.45) is 1.61. The molecule has 0 aromatic carbocycles. The smallest absolute Gasteiger partial charge is 0.242 e. The zero-order valence-electron chi connectivity index (χ0n) is 10.7. The summed E-state index contributed by atoms with van der Waals surface area (Å²) < 4.78 is 32.6. The zero-order valence-corrected chi connectivity index (χ0v) is 12.3. The summed E-state index contributed by atoms with van der Waals surface area (Å²) in [7, 11) is -3.71. The second kappa shape index (κ2) is 4.90. The third kappa shape index (κ3) is 2.84. The zero-order chi connectivity index (χ0) is 14.3. The Morgan fingerprint density at radius 1 is 1.63 bits per heavy atom. The van der Waals surface area contributed by atoms with Crippen molar-refractivity contribution in [2.75, 3.05) is 12.3 Å². The van der Waals surface area contributed by atoms with Crippen LogP contribution in [0.1, 0.15) is 20.3 Å². The summed E-state index contributed by atoms with van der Waals surface area (Å²) in [5, 5.41) is 0.115. The van der Waals surface area contributed by atoms with Crippen molar-refractivity contribution >= 4 is 27.4 Å². The van der Waals surface area contributed by atoms with Crippen LogP contribution in [0.4, 0.5) is 5.82 Å². The molecule has 2 rings (SSSR count). The van der Waals surface area contributed by atoms with Gasteiger partial charge in [0, 0.05) is 12.8 Å². The number of hydrogen-bond donors (Lipinski definition) is 2. The second-order valence-corrected chi connectivity index (χ2v) is 6.91. The number of nitrogen functional groups attached to an aromatic ring is 1. The van der Waals surface area contributed by atoms with Gasteiger partial charge in [-0.15, -0.1) is 0 Å². The van der Waals surface area contributed by atoms with Crippen LogP contribution in [-0.2, 0) is 14.8 Å². The summed E-state index contributed by atoms with van der Waals surface area (Å²) in [4.78, 5) is 3.75. The Hall–Kier alpha value is -0.890. The molecule has 1 saturated heterocycles. The van der Waals surface area contributed by atoms with Crippen molar-refractivity contribution in [3.63, 3.8) is 0 Å². The Morgan fingerprint density at radius 3 is 2.84 bits per heavy atom. The van der Waals surface area contributed by atoms with Gasteiger partial charge in [-0.2, -0.15) is 0 Å². The summed E-state index contributed by atoms with van der Waals surface area (Å²) in [6, 6.07) is 1.29. The first-order chi connectivity index (χ1) is 8.74. The fourth-order valence-electron chi connectivity index (χ4n) is 1.91. The van der Waals surface area contributed by atoms with Crippen LogP contribution in [0.3, 0.4) is 0 Å². The molecule has 0 aliphatic carbocycles. The van der Waals surface area contributed by atoms with E-state index in [0.29, 0.717) is 13.0 Å². The summed E-state index contributed by atoms with van der Waals surface area (Å²) in [6.45, 7) is 4.18. The molecular weight excluding hydrogens is 290 g/mol. The summed E-state index contributed by atoms with van der Waals surface area (Å²) in [5.41, 5.74) is 4.83. The molecule has 106 valence electrons. The molecule has 6 nitrogen and oxygen atoms in total. The first kappa shape index (κ1) is 14.5. The Bertz CT molecular complexity index is 593. The first-order valence-electron chi connectivity index (χ1n) is 5.81. The number of halogens is 1. The van der Waals surface area contributed by atoms with Crippen molar-refractivity contribution in [2.24, 2.45) is 0 Å². The molecule has 1 fully saturated rings. The van der Waals surface area contributed by atoms with E-state index < -0.39 is 15.6 Å². The average molecular weight is 306 g/mol. The highest BCUT2D eigenvalue weighted by Gasteiger charge is 2.40. The van der Waals surface area contributed by atoms with Gasteiger partial charge in [0.05, 0.1) is 16.7 Å². The van der Waals surface area contributed by atoms with Gasteiger partial charge in [-0.3, -0.25) is 0 Å². The number of sulfonamides is 1. The van der Waals surface area contributed by atoms with Crippen molar-refractivity contribution in [1.29, 1.82) is 0 Å². The fraction of sp³-hybridized carbons (Fsp3) is 0.545. The average Bonchev–Trinajstić information content (AvgIpc) is 2.61. The minimum Gasteiger partial charge on any atom is -0.382 e. The largest absolute Gasteiger partial charge is 0.382 e. The molecule has 1 aliphatic heterocycles. The van der Waals surface area contributed by atoms with Crippen molar-refractivity contribution in [1.82, 2.24) is 9.71 Å². The van der Waals surface area contributed by atoms with E-state index in [1.807, 2.05) is 13.8 Å². The van der Waals surface area contributed by atoms with E-state index in [1.165, 1.54) is 12.3 Å². The number of ether oxygens (including phenoxy) is 1. The van der Waals surface area contributed by atoms with E-state index in [1.54, 1.807) is 0 Å². The highest BCUT2D eigenvalue weighted by Crippen LogP contribution is 2.28. The molecule has 0 bridgehead atoms. The van der Waals surface area contributed by atoms with Crippen molar-refractivity contribution in [2.45, 2.75) is 36.8 Å². The Kier molecular flexibility index (Phi) is 3.74. The predicted octanol–water partition coefficient (Wildman–Crippen LogP) is 1.16. The highest BCUT2D eigenvalue weighted by molar-refractivity contribution is 7.89. The van der Waals surface area contributed by atoms with Gasteiger partial charge in [0.1, 0.15) is 10.7 Å². The lowest BCUT2D eigenvalue weighted by molar-refractivity contribution is 0.0957. The highest BCUT2D eigenvalue weighted by atomic mass is 35.5. The molecule has 8 heteroatoms. The van der Waals surface area contributed by atoms with Crippen LogP contribution in [-0.4, -0.2) is 31.7 Å². The van der Waals surface area contributed by atoms with Gasteiger partial charge in [0.2, 0.25) is 10.0 Å². The van der Waals surface area contributed by atoms with E-state index in [0.717, 1.165) is 0 Å². The van der Waals surface area contributed by atoms with E-state index >= 15 is 0 Å². The third-order valence-corrected chi connectivity index (χ3v) is 5.29. The molecule has 1 aromatic rings. The van der Waals surface area contributed by atoms with Crippen molar-refractivity contribution in [3.05, 3.63) is 17.3 Å². The van der Waals surface area contributed by atoms with Crippen LogP contribution in [0.2, 0.25) is 5.02 Å². The second-order valence-electron chi connectivity index (χ2n) is 4.82. The van der Waals surface area contributed by atoms with Crippen LogP contribution < -0.4 is 10.5 Å². The molecule has 1 aliphatic rings. The molecular formula is C11H16ClN3O3S. The lowest BCUT2D eigenvalue weighted by atomic mass is 9.97. The molecule has 0 amide bonds. The van der Waals surface area contributed by atoms with Gasteiger partial charge in [0.25, 0.3) is 0 Å². The SMILES string of the molecule is CC1OCCC1(C)NS(=O)(=O)c1cnc(N)c(Cl)c1. The molecule has 2 heterocycles. The molecule has 19 heavy (non-hydrogen) atoms. The van der Waals surface area contributed by atoms with Crippen molar-refractivity contribution in [3.8, 4) is 0 Å². The van der Waals surface area contributed by atoms with E-state index in [4.69, 9.17) is 22.1 Å². The molecule has 2 unspecified atom stereocenters. The number of pyridine rings is 1. The maximum absolute atomic E-state index is 12.3. The first-order valence-corrected chi connectivity index (χ1v) is 7.67. The van der Waals surface area contributed by atoms with E-state index in [9.17, 15) is 8.42 Å². The van der Waals surface area contributed by atoms with Gasteiger partial charge in [-0.05, 0) is 26.3 Å². The van der Waals surface area contributed by atoms with Crippen LogP contribution in [0.25, 0.3) is 0 Å². The van der Waals surface area contributed by atoms with Crippen LogP contribution in [0.5, 0.6) is 0 Å².